The molecule has 0 atom stereocenters. The lowest BCUT2D eigenvalue weighted by Gasteiger charge is -2.17. The summed E-state index contributed by atoms with van der Waals surface area (Å²) in [5.41, 5.74) is 7.16. The molecule has 0 aliphatic rings. The molecule has 0 unspecified atom stereocenters. The number of fused-ring (bicyclic) bond motifs is 4. The molecular weight excluding hydrogens is 560 g/mol. The van der Waals surface area contributed by atoms with Crippen molar-refractivity contribution in [3.63, 3.8) is 0 Å². The molecule has 3 aromatic heterocycles. The molecule has 212 valence electrons. The van der Waals surface area contributed by atoms with E-state index < -0.39 is 0 Å². The molecule has 7 aromatic carbocycles. The number of hydrogen-bond donors (Lipinski definition) is 0. The van der Waals surface area contributed by atoms with Gasteiger partial charge in [-0.2, -0.15) is 0 Å². The third kappa shape index (κ3) is 3.61. The fourth-order valence-corrected chi connectivity index (χ4v) is 7.33. The maximum absolute atomic E-state index is 5.31. The van der Waals surface area contributed by atoms with E-state index in [1.807, 2.05) is 18.3 Å². The predicted molar refractivity (Wildman–Crippen MR) is 190 cm³/mol. The average molecular weight is 585 g/mol. The number of rotatable bonds is 3. The first-order chi connectivity index (χ1) is 22.8. The average Bonchev–Trinajstić information content (AvgIpc) is 3.13. The first-order valence-electron chi connectivity index (χ1n) is 15.5. The van der Waals surface area contributed by atoms with E-state index in [-0.39, 0.29) is 0 Å². The van der Waals surface area contributed by atoms with Crippen molar-refractivity contribution in [2.24, 2.45) is 0 Å². The lowest BCUT2D eigenvalue weighted by atomic mass is 9.87. The summed E-state index contributed by atoms with van der Waals surface area (Å²) in [5.74, 6) is 0.714. The van der Waals surface area contributed by atoms with Gasteiger partial charge in [-0.05, 0) is 90.6 Å². The van der Waals surface area contributed by atoms with E-state index in [4.69, 9.17) is 9.97 Å². The SMILES string of the molecule is c1cnc(-c2ccc(-c3ccc4cc(-c5cc6cccc7ccc8cccc5c8c76)c5cccnc5c4n3)c3ccccc23)nc1. The lowest BCUT2D eigenvalue weighted by molar-refractivity contribution is 1.18. The summed E-state index contributed by atoms with van der Waals surface area (Å²) < 4.78 is 0. The van der Waals surface area contributed by atoms with E-state index in [9.17, 15) is 0 Å². The van der Waals surface area contributed by atoms with Crippen LogP contribution in [0.25, 0.3) is 98.7 Å². The van der Waals surface area contributed by atoms with Crippen LogP contribution in [0.15, 0.2) is 146 Å². The van der Waals surface area contributed by atoms with E-state index >= 15 is 0 Å². The molecule has 0 saturated heterocycles. The van der Waals surface area contributed by atoms with Crippen molar-refractivity contribution in [2.75, 3.05) is 0 Å². The summed E-state index contributed by atoms with van der Waals surface area (Å²) in [4.78, 5) is 19.3. The second kappa shape index (κ2) is 9.62. The summed E-state index contributed by atoms with van der Waals surface area (Å²) in [7, 11) is 0. The van der Waals surface area contributed by atoms with Crippen LogP contribution in [0.5, 0.6) is 0 Å². The van der Waals surface area contributed by atoms with Gasteiger partial charge in [0, 0.05) is 40.5 Å². The molecule has 3 heterocycles. The molecule has 0 spiro atoms. The highest BCUT2D eigenvalue weighted by atomic mass is 14.9. The summed E-state index contributed by atoms with van der Waals surface area (Å²) in [5, 5.41) is 12.0. The normalized spacial score (nSPS) is 11.9. The summed E-state index contributed by atoms with van der Waals surface area (Å²) in [6, 6.07) is 45.4. The van der Waals surface area contributed by atoms with Crippen LogP contribution in [0.1, 0.15) is 0 Å². The fraction of sp³-hybridized carbons (Fsp3) is 0. The minimum Gasteiger partial charge on any atom is -0.254 e. The van der Waals surface area contributed by atoms with Gasteiger partial charge >= 0.3 is 0 Å². The zero-order chi connectivity index (χ0) is 30.2. The minimum atomic E-state index is 0.714. The molecule has 0 bridgehead atoms. The maximum Gasteiger partial charge on any atom is 0.159 e. The van der Waals surface area contributed by atoms with Gasteiger partial charge in [-0.15, -0.1) is 0 Å². The van der Waals surface area contributed by atoms with Crippen molar-refractivity contribution in [3.8, 4) is 33.8 Å². The molecule has 0 N–H and O–H groups in total. The van der Waals surface area contributed by atoms with Gasteiger partial charge in [0.15, 0.2) is 5.82 Å². The molecule has 0 fully saturated rings. The van der Waals surface area contributed by atoms with Crippen LogP contribution in [0.4, 0.5) is 0 Å². The van der Waals surface area contributed by atoms with Gasteiger partial charge in [-0.3, -0.25) is 4.98 Å². The van der Waals surface area contributed by atoms with Gasteiger partial charge in [0.25, 0.3) is 0 Å². The number of pyridine rings is 2. The number of nitrogens with zero attached hydrogens (tertiary/aromatic N) is 4. The highest BCUT2D eigenvalue weighted by molar-refractivity contribution is 6.27. The van der Waals surface area contributed by atoms with E-state index in [0.29, 0.717) is 5.82 Å². The zero-order valence-corrected chi connectivity index (χ0v) is 24.6. The molecule has 0 saturated carbocycles. The van der Waals surface area contributed by atoms with E-state index in [2.05, 4.69) is 125 Å². The first-order valence-corrected chi connectivity index (χ1v) is 15.5. The van der Waals surface area contributed by atoms with Crippen molar-refractivity contribution in [1.82, 2.24) is 19.9 Å². The Morgan fingerprint density at radius 2 is 0.978 bits per heavy atom. The second-order valence-corrected chi connectivity index (χ2v) is 11.8. The van der Waals surface area contributed by atoms with Crippen LogP contribution in [0.3, 0.4) is 0 Å². The van der Waals surface area contributed by atoms with Crippen LogP contribution in [-0.2, 0) is 0 Å². The Labute approximate surface area is 264 Å². The van der Waals surface area contributed by atoms with Crippen molar-refractivity contribution in [3.05, 3.63) is 146 Å². The van der Waals surface area contributed by atoms with Crippen molar-refractivity contribution in [2.45, 2.75) is 0 Å². The highest BCUT2D eigenvalue weighted by Crippen LogP contribution is 2.43. The molecule has 0 radical (unpaired) electrons. The van der Waals surface area contributed by atoms with E-state index in [0.717, 1.165) is 49.4 Å². The summed E-state index contributed by atoms with van der Waals surface area (Å²) in [6.07, 6.45) is 5.44. The van der Waals surface area contributed by atoms with E-state index in [1.165, 1.54) is 43.4 Å². The summed E-state index contributed by atoms with van der Waals surface area (Å²) >= 11 is 0. The fourth-order valence-electron chi connectivity index (χ4n) is 7.33. The van der Waals surface area contributed by atoms with Gasteiger partial charge < -0.3 is 0 Å². The van der Waals surface area contributed by atoms with Crippen molar-refractivity contribution >= 4 is 64.9 Å². The minimum absolute atomic E-state index is 0.714. The quantitative estimate of drug-likeness (QED) is 0.194. The van der Waals surface area contributed by atoms with E-state index in [1.54, 1.807) is 12.4 Å². The van der Waals surface area contributed by atoms with Gasteiger partial charge in [0.1, 0.15) is 0 Å². The molecular formula is C42H24N4. The second-order valence-electron chi connectivity index (χ2n) is 11.8. The third-order valence-electron chi connectivity index (χ3n) is 9.35. The van der Waals surface area contributed by atoms with Crippen LogP contribution in [0, 0.1) is 0 Å². The molecule has 4 nitrogen and oxygen atoms in total. The molecule has 0 aliphatic heterocycles. The largest absolute Gasteiger partial charge is 0.254 e. The van der Waals surface area contributed by atoms with Gasteiger partial charge in [0.05, 0.1) is 16.7 Å². The van der Waals surface area contributed by atoms with Crippen molar-refractivity contribution in [1.29, 1.82) is 0 Å². The molecule has 10 rings (SSSR count). The molecule has 46 heavy (non-hydrogen) atoms. The van der Waals surface area contributed by atoms with Crippen LogP contribution >= 0.6 is 0 Å². The van der Waals surface area contributed by atoms with Crippen molar-refractivity contribution < 1.29 is 0 Å². The molecule has 0 amide bonds. The summed E-state index contributed by atoms with van der Waals surface area (Å²) in [6.45, 7) is 0. The molecule has 10 aromatic rings. The number of aromatic nitrogens is 4. The predicted octanol–water partition coefficient (Wildman–Crippen LogP) is 10.6. The molecule has 0 aliphatic carbocycles. The maximum atomic E-state index is 5.31. The molecule has 4 heteroatoms. The van der Waals surface area contributed by atoms with Crippen LogP contribution in [-0.4, -0.2) is 19.9 Å². The van der Waals surface area contributed by atoms with Crippen LogP contribution in [0.2, 0.25) is 0 Å². The Morgan fingerprint density at radius 1 is 0.348 bits per heavy atom. The zero-order valence-electron chi connectivity index (χ0n) is 24.6. The Hall–Kier alpha value is -6.26. The Kier molecular flexibility index (Phi) is 5.25. The van der Waals surface area contributed by atoms with Gasteiger partial charge in [-0.25, -0.2) is 15.0 Å². The monoisotopic (exact) mass is 584 g/mol. The first kappa shape index (κ1) is 25.1. The Morgan fingerprint density at radius 3 is 1.85 bits per heavy atom. The number of hydrogen-bond acceptors (Lipinski definition) is 4. The Balaban J connectivity index is 1.22. The van der Waals surface area contributed by atoms with Crippen LogP contribution < -0.4 is 0 Å². The van der Waals surface area contributed by atoms with Gasteiger partial charge in [-0.1, -0.05) is 91.0 Å². The third-order valence-corrected chi connectivity index (χ3v) is 9.35. The standard InChI is InChI=1S/C42H24N4/c1-2-11-30-29(10-1)31(17-18-34(30)42-44-21-6-22-45-42)37-19-16-28-24-36(33-13-5-20-43-41(33)40(28)46-37)35-23-27-9-3-7-25-14-15-26-8-4-12-32(35)39(26)38(25)27/h1-24H. The number of benzene rings is 7. The highest BCUT2D eigenvalue weighted by Gasteiger charge is 2.18. The topological polar surface area (TPSA) is 51.6 Å². The van der Waals surface area contributed by atoms with Gasteiger partial charge in [0.2, 0.25) is 0 Å². The smallest absolute Gasteiger partial charge is 0.159 e. The Bertz CT molecular complexity index is 2810. The lowest BCUT2D eigenvalue weighted by Crippen LogP contribution is -1.94.